The molecule has 1 rings (SSSR count). The molecule has 86 valence electrons. The summed E-state index contributed by atoms with van der Waals surface area (Å²) in [5.41, 5.74) is 0.970. The highest BCUT2D eigenvalue weighted by molar-refractivity contribution is 5.81. The van der Waals surface area contributed by atoms with E-state index in [0.29, 0.717) is 6.54 Å². The maximum atomic E-state index is 11.5. The second kappa shape index (κ2) is 6.68. The molecule has 0 aromatic heterocycles. The molecule has 1 aromatic rings. The molecular weight excluding hydrogens is 208 g/mol. The Bertz CT molecular complexity index is 340. The summed E-state index contributed by atoms with van der Waals surface area (Å²) in [5, 5.41) is 5.33. The van der Waals surface area contributed by atoms with Crippen LogP contribution in [0.5, 0.6) is 0 Å². The SMILES string of the molecule is COC[C@@H](N=O)C(=O)NCc1ccccc1. The van der Waals surface area contributed by atoms with Gasteiger partial charge in [-0.15, -0.1) is 4.91 Å². The van der Waals surface area contributed by atoms with Gasteiger partial charge in [-0.3, -0.25) is 4.79 Å². The first-order chi connectivity index (χ1) is 7.77. The van der Waals surface area contributed by atoms with Crippen molar-refractivity contribution in [2.45, 2.75) is 12.6 Å². The van der Waals surface area contributed by atoms with E-state index in [1.165, 1.54) is 7.11 Å². The monoisotopic (exact) mass is 222 g/mol. The number of hydrogen-bond donors (Lipinski definition) is 1. The summed E-state index contributed by atoms with van der Waals surface area (Å²) in [7, 11) is 1.42. The van der Waals surface area contributed by atoms with Crippen molar-refractivity contribution in [3.05, 3.63) is 40.8 Å². The van der Waals surface area contributed by atoms with Gasteiger partial charge >= 0.3 is 0 Å². The number of nitrogens with zero attached hydrogens (tertiary/aromatic N) is 1. The summed E-state index contributed by atoms with van der Waals surface area (Å²) in [5.74, 6) is -0.416. The van der Waals surface area contributed by atoms with Crippen LogP contribution in [0.2, 0.25) is 0 Å². The quantitative estimate of drug-likeness (QED) is 0.732. The van der Waals surface area contributed by atoms with E-state index in [0.717, 1.165) is 5.56 Å². The maximum Gasteiger partial charge on any atom is 0.251 e. The number of carbonyl (C=O) groups is 1. The Labute approximate surface area is 93.8 Å². The standard InChI is InChI=1S/C11H14N2O3/c1-16-8-10(13-15)11(14)12-7-9-5-3-2-4-6-9/h2-6,10H,7-8H2,1H3,(H,12,14)/t10-/m1/s1. The Morgan fingerprint density at radius 3 is 2.69 bits per heavy atom. The van der Waals surface area contributed by atoms with Gasteiger partial charge in [-0.05, 0) is 5.56 Å². The van der Waals surface area contributed by atoms with Crippen LogP contribution in [0.1, 0.15) is 5.56 Å². The molecule has 0 heterocycles. The number of carbonyl (C=O) groups excluding carboxylic acids is 1. The molecule has 0 spiro atoms. The molecule has 0 saturated carbocycles. The van der Waals surface area contributed by atoms with Gasteiger partial charge < -0.3 is 10.1 Å². The van der Waals surface area contributed by atoms with E-state index in [4.69, 9.17) is 4.74 Å². The Morgan fingerprint density at radius 2 is 2.12 bits per heavy atom. The Hall–Kier alpha value is -1.75. The minimum atomic E-state index is -0.978. The van der Waals surface area contributed by atoms with Crippen LogP contribution in [-0.2, 0) is 16.1 Å². The van der Waals surface area contributed by atoms with Gasteiger partial charge in [0.15, 0.2) is 6.04 Å². The maximum absolute atomic E-state index is 11.5. The second-order valence-electron chi connectivity index (χ2n) is 3.28. The summed E-state index contributed by atoms with van der Waals surface area (Å²) in [6, 6.07) is 8.46. The van der Waals surface area contributed by atoms with Gasteiger partial charge in [-0.2, -0.15) is 0 Å². The minimum Gasteiger partial charge on any atom is -0.382 e. The molecule has 5 nitrogen and oxygen atoms in total. The number of nitroso groups, excluding NO2 is 1. The number of hydrogen-bond acceptors (Lipinski definition) is 4. The Kier molecular flexibility index (Phi) is 5.15. The first-order valence-electron chi connectivity index (χ1n) is 4.91. The molecule has 1 amide bonds. The van der Waals surface area contributed by atoms with Crippen LogP contribution in [0.25, 0.3) is 0 Å². The van der Waals surface area contributed by atoms with Crippen molar-refractivity contribution in [3.63, 3.8) is 0 Å². The molecule has 0 unspecified atom stereocenters. The zero-order chi connectivity index (χ0) is 11.8. The summed E-state index contributed by atoms with van der Waals surface area (Å²) in [6.07, 6.45) is 0. The van der Waals surface area contributed by atoms with Gasteiger partial charge in [0.05, 0.1) is 6.61 Å². The van der Waals surface area contributed by atoms with E-state index in [1.54, 1.807) is 0 Å². The molecule has 0 bridgehead atoms. The first kappa shape index (κ1) is 12.3. The number of amides is 1. The van der Waals surface area contributed by atoms with Crippen LogP contribution in [0.4, 0.5) is 0 Å². The van der Waals surface area contributed by atoms with Gasteiger partial charge in [-0.25, -0.2) is 0 Å². The van der Waals surface area contributed by atoms with Crippen LogP contribution in [0.15, 0.2) is 35.5 Å². The van der Waals surface area contributed by atoms with E-state index in [2.05, 4.69) is 10.5 Å². The average Bonchev–Trinajstić information content (AvgIpc) is 2.34. The third-order valence-corrected chi connectivity index (χ3v) is 2.06. The van der Waals surface area contributed by atoms with Gasteiger partial charge in [0.25, 0.3) is 5.91 Å². The molecule has 1 atom stereocenters. The second-order valence-corrected chi connectivity index (χ2v) is 3.28. The highest BCUT2D eigenvalue weighted by Crippen LogP contribution is 1.98. The van der Waals surface area contributed by atoms with Crippen LogP contribution in [0.3, 0.4) is 0 Å². The third-order valence-electron chi connectivity index (χ3n) is 2.06. The number of rotatable bonds is 6. The van der Waals surface area contributed by atoms with Gasteiger partial charge in [0, 0.05) is 13.7 Å². The van der Waals surface area contributed by atoms with Gasteiger partial charge in [0.2, 0.25) is 0 Å². The fourth-order valence-electron chi connectivity index (χ4n) is 1.21. The fraction of sp³-hybridized carbons (Fsp3) is 0.364. The highest BCUT2D eigenvalue weighted by Gasteiger charge is 2.18. The predicted molar refractivity (Wildman–Crippen MR) is 59.7 cm³/mol. The fourth-order valence-corrected chi connectivity index (χ4v) is 1.21. The molecule has 16 heavy (non-hydrogen) atoms. The van der Waals surface area contributed by atoms with E-state index < -0.39 is 11.9 Å². The minimum absolute atomic E-state index is 0.00409. The number of methoxy groups -OCH3 is 1. The van der Waals surface area contributed by atoms with Crippen LogP contribution in [-0.4, -0.2) is 25.7 Å². The van der Waals surface area contributed by atoms with Crippen molar-refractivity contribution in [1.82, 2.24) is 5.32 Å². The van der Waals surface area contributed by atoms with Crippen molar-refractivity contribution in [1.29, 1.82) is 0 Å². The molecule has 0 fully saturated rings. The zero-order valence-corrected chi connectivity index (χ0v) is 9.05. The number of benzene rings is 1. The molecule has 0 radical (unpaired) electrons. The van der Waals surface area contributed by atoms with Crippen LogP contribution in [0, 0.1) is 4.91 Å². The number of ether oxygens (including phenoxy) is 1. The molecule has 1 N–H and O–H groups in total. The zero-order valence-electron chi connectivity index (χ0n) is 9.05. The number of nitrogens with one attached hydrogen (secondary N) is 1. The smallest absolute Gasteiger partial charge is 0.251 e. The summed E-state index contributed by atoms with van der Waals surface area (Å²) in [6.45, 7) is 0.388. The van der Waals surface area contributed by atoms with Crippen molar-refractivity contribution in [2.75, 3.05) is 13.7 Å². The lowest BCUT2D eigenvalue weighted by molar-refractivity contribution is -0.123. The molecule has 0 aliphatic rings. The summed E-state index contributed by atoms with van der Waals surface area (Å²) in [4.78, 5) is 21.8. The lowest BCUT2D eigenvalue weighted by Gasteiger charge is -2.09. The van der Waals surface area contributed by atoms with Crippen molar-refractivity contribution >= 4 is 5.91 Å². The molecule has 1 aromatic carbocycles. The van der Waals surface area contributed by atoms with Crippen molar-refractivity contribution in [2.24, 2.45) is 5.18 Å². The van der Waals surface area contributed by atoms with Crippen molar-refractivity contribution < 1.29 is 9.53 Å². The molecular formula is C11H14N2O3. The van der Waals surface area contributed by atoms with E-state index in [1.807, 2.05) is 30.3 Å². The van der Waals surface area contributed by atoms with Crippen LogP contribution < -0.4 is 5.32 Å². The topological polar surface area (TPSA) is 67.8 Å². The largest absolute Gasteiger partial charge is 0.382 e. The van der Waals surface area contributed by atoms with E-state index in [9.17, 15) is 9.70 Å². The van der Waals surface area contributed by atoms with Crippen molar-refractivity contribution in [3.8, 4) is 0 Å². The average molecular weight is 222 g/mol. The van der Waals surface area contributed by atoms with E-state index >= 15 is 0 Å². The molecule has 5 heteroatoms. The van der Waals surface area contributed by atoms with Gasteiger partial charge in [0.1, 0.15) is 0 Å². The van der Waals surface area contributed by atoms with E-state index in [-0.39, 0.29) is 6.61 Å². The molecule has 0 aliphatic carbocycles. The molecule has 0 aliphatic heterocycles. The summed E-state index contributed by atoms with van der Waals surface area (Å²) < 4.78 is 4.71. The lowest BCUT2D eigenvalue weighted by Crippen LogP contribution is -2.35. The first-order valence-corrected chi connectivity index (χ1v) is 4.91. The van der Waals surface area contributed by atoms with Gasteiger partial charge in [-0.1, -0.05) is 35.5 Å². The lowest BCUT2D eigenvalue weighted by atomic mass is 10.2. The highest BCUT2D eigenvalue weighted by atomic mass is 16.5. The Morgan fingerprint density at radius 1 is 1.44 bits per heavy atom. The summed E-state index contributed by atoms with van der Waals surface area (Å²) >= 11 is 0. The predicted octanol–water partition coefficient (Wildman–Crippen LogP) is 1.08. The normalized spacial score (nSPS) is 11.8. The van der Waals surface area contributed by atoms with Crippen LogP contribution >= 0.6 is 0 Å². The Balaban J connectivity index is 2.42. The molecule has 0 saturated heterocycles. The third kappa shape index (κ3) is 3.78.